The van der Waals surface area contributed by atoms with Crippen molar-refractivity contribution >= 4 is 11.3 Å². The first-order valence-electron chi connectivity index (χ1n) is 5.99. The van der Waals surface area contributed by atoms with Crippen LogP contribution in [-0.2, 0) is 6.42 Å². The van der Waals surface area contributed by atoms with E-state index >= 15 is 0 Å². The summed E-state index contributed by atoms with van der Waals surface area (Å²) in [4.78, 5) is 4.75. The summed E-state index contributed by atoms with van der Waals surface area (Å²) in [7, 11) is 2.01. The Morgan fingerprint density at radius 3 is 3.00 bits per heavy atom. The fraction of sp³-hybridized carbons (Fsp3) is 0.750. The van der Waals surface area contributed by atoms with Gasteiger partial charge in [0.2, 0.25) is 0 Å². The minimum absolute atomic E-state index is 0.777. The summed E-state index contributed by atoms with van der Waals surface area (Å²) in [6, 6.07) is 0. The maximum Gasteiger partial charge on any atom is 0.0928 e. The number of nitrogens with one attached hydrogen (secondary N) is 1. The van der Waals surface area contributed by atoms with Crippen LogP contribution >= 0.6 is 11.3 Å². The molecule has 1 saturated carbocycles. The maximum absolute atomic E-state index is 4.75. The van der Waals surface area contributed by atoms with Crippen LogP contribution in [0.2, 0.25) is 0 Å². The molecule has 0 amide bonds. The van der Waals surface area contributed by atoms with Gasteiger partial charge >= 0.3 is 0 Å². The van der Waals surface area contributed by atoms with Gasteiger partial charge in [-0.2, -0.15) is 0 Å². The topological polar surface area (TPSA) is 24.9 Å². The second-order valence-electron chi connectivity index (χ2n) is 4.35. The molecule has 1 aromatic rings. The van der Waals surface area contributed by atoms with E-state index in [-0.39, 0.29) is 0 Å². The third-order valence-corrected chi connectivity index (χ3v) is 4.09. The molecule has 0 bridgehead atoms. The summed E-state index contributed by atoms with van der Waals surface area (Å²) >= 11 is 1.85. The average Bonchev–Trinajstić information content (AvgIpc) is 2.87. The molecule has 1 heterocycles. The highest BCUT2D eigenvalue weighted by Gasteiger charge is 2.19. The van der Waals surface area contributed by atoms with Gasteiger partial charge < -0.3 is 5.32 Å². The van der Waals surface area contributed by atoms with E-state index in [0.717, 1.165) is 18.9 Å². The van der Waals surface area contributed by atoms with Crippen molar-refractivity contribution in [3.63, 3.8) is 0 Å². The molecule has 0 aliphatic heterocycles. The molecule has 1 fully saturated rings. The van der Waals surface area contributed by atoms with E-state index in [9.17, 15) is 0 Å². The fourth-order valence-corrected chi connectivity index (χ4v) is 3.19. The standard InChI is InChI=1S/C12H20N2S/c1-13-8-4-7-12-14-11(9-15-12)10-5-2-3-6-10/h9-10,13H,2-8H2,1H3. The van der Waals surface area contributed by atoms with Crippen LogP contribution in [0.4, 0.5) is 0 Å². The third kappa shape index (κ3) is 3.02. The Balaban J connectivity index is 1.86. The largest absolute Gasteiger partial charge is 0.320 e. The molecule has 1 aliphatic carbocycles. The van der Waals surface area contributed by atoms with E-state index in [0.29, 0.717) is 0 Å². The number of thiazole rings is 1. The van der Waals surface area contributed by atoms with E-state index in [4.69, 9.17) is 4.98 Å². The van der Waals surface area contributed by atoms with E-state index in [1.807, 2.05) is 18.4 Å². The van der Waals surface area contributed by atoms with Crippen molar-refractivity contribution in [3.05, 3.63) is 16.1 Å². The Morgan fingerprint density at radius 2 is 2.27 bits per heavy atom. The Hall–Kier alpha value is -0.410. The smallest absolute Gasteiger partial charge is 0.0928 e. The predicted molar refractivity (Wildman–Crippen MR) is 65.6 cm³/mol. The van der Waals surface area contributed by atoms with Gasteiger partial charge in [-0.15, -0.1) is 11.3 Å². The first-order chi connectivity index (χ1) is 7.40. The lowest BCUT2D eigenvalue weighted by Gasteiger charge is -2.03. The first kappa shape index (κ1) is 11.1. The van der Waals surface area contributed by atoms with E-state index in [1.54, 1.807) is 0 Å². The van der Waals surface area contributed by atoms with Crippen molar-refractivity contribution in [1.82, 2.24) is 10.3 Å². The Kier molecular flexibility index (Phi) is 4.15. The zero-order valence-corrected chi connectivity index (χ0v) is 10.3. The molecule has 0 unspecified atom stereocenters. The lowest BCUT2D eigenvalue weighted by molar-refractivity contribution is 0.688. The molecule has 0 atom stereocenters. The first-order valence-corrected chi connectivity index (χ1v) is 6.87. The molecular formula is C12H20N2S. The normalized spacial score (nSPS) is 17.4. The molecular weight excluding hydrogens is 204 g/mol. The summed E-state index contributed by atoms with van der Waals surface area (Å²) in [5.41, 5.74) is 1.37. The second kappa shape index (κ2) is 5.61. The molecule has 2 rings (SSSR count). The number of aryl methyl sites for hydroxylation is 1. The van der Waals surface area contributed by atoms with Crippen LogP contribution in [0.3, 0.4) is 0 Å². The second-order valence-corrected chi connectivity index (χ2v) is 5.30. The third-order valence-electron chi connectivity index (χ3n) is 3.16. The van der Waals surface area contributed by atoms with Gasteiger partial charge in [-0.05, 0) is 32.9 Å². The van der Waals surface area contributed by atoms with Gasteiger partial charge in [0.15, 0.2) is 0 Å². The highest BCUT2D eigenvalue weighted by molar-refractivity contribution is 7.09. The number of hydrogen-bond acceptors (Lipinski definition) is 3. The van der Waals surface area contributed by atoms with Crippen LogP contribution in [0.5, 0.6) is 0 Å². The highest BCUT2D eigenvalue weighted by atomic mass is 32.1. The molecule has 0 aromatic carbocycles. The van der Waals surface area contributed by atoms with Crippen molar-refractivity contribution in [2.24, 2.45) is 0 Å². The minimum atomic E-state index is 0.777. The molecule has 15 heavy (non-hydrogen) atoms. The quantitative estimate of drug-likeness (QED) is 0.778. The number of rotatable bonds is 5. The Labute approximate surface area is 96.1 Å². The van der Waals surface area contributed by atoms with Crippen LogP contribution in [0.1, 0.15) is 48.7 Å². The maximum atomic E-state index is 4.75. The molecule has 1 aliphatic rings. The van der Waals surface area contributed by atoms with Crippen LogP contribution in [0, 0.1) is 0 Å². The van der Waals surface area contributed by atoms with Gasteiger partial charge in [0.05, 0.1) is 10.7 Å². The van der Waals surface area contributed by atoms with Gasteiger partial charge in [-0.25, -0.2) is 4.98 Å². The van der Waals surface area contributed by atoms with Crippen LogP contribution in [-0.4, -0.2) is 18.6 Å². The van der Waals surface area contributed by atoms with Crippen LogP contribution in [0.15, 0.2) is 5.38 Å². The van der Waals surface area contributed by atoms with Crippen molar-refractivity contribution in [3.8, 4) is 0 Å². The number of hydrogen-bond donors (Lipinski definition) is 1. The van der Waals surface area contributed by atoms with Gasteiger partial charge in [0.25, 0.3) is 0 Å². The highest BCUT2D eigenvalue weighted by Crippen LogP contribution is 2.34. The number of nitrogens with zero attached hydrogens (tertiary/aromatic N) is 1. The van der Waals surface area contributed by atoms with Crippen molar-refractivity contribution in [2.45, 2.75) is 44.4 Å². The van der Waals surface area contributed by atoms with Gasteiger partial charge in [0, 0.05) is 17.7 Å². The SMILES string of the molecule is CNCCCc1nc(C2CCCC2)cs1. The van der Waals surface area contributed by atoms with Crippen molar-refractivity contribution in [1.29, 1.82) is 0 Å². The molecule has 3 heteroatoms. The molecule has 0 spiro atoms. The van der Waals surface area contributed by atoms with Crippen LogP contribution < -0.4 is 5.32 Å². The van der Waals surface area contributed by atoms with Gasteiger partial charge in [-0.3, -0.25) is 0 Å². The lowest BCUT2D eigenvalue weighted by atomic mass is 10.1. The van der Waals surface area contributed by atoms with E-state index in [2.05, 4.69) is 10.7 Å². The monoisotopic (exact) mass is 224 g/mol. The summed E-state index contributed by atoms with van der Waals surface area (Å²) in [5, 5.41) is 6.79. The van der Waals surface area contributed by atoms with Gasteiger partial charge in [-0.1, -0.05) is 12.8 Å². The number of aromatic nitrogens is 1. The summed E-state index contributed by atoms with van der Waals surface area (Å²) < 4.78 is 0. The Morgan fingerprint density at radius 1 is 1.47 bits per heavy atom. The fourth-order valence-electron chi connectivity index (χ4n) is 2.27. The molecule has 2 nitrogen and oxygen atoms in total. The lowest BCUT2D eigenvalue weighted by Crippen LogP contribution is -2.08. The summed E-state index contributed by atoms with van der Waals surface area (Å²) in [5.74, 6) is 0.777. The predicted octanol–water partition coefficient (Wildman–Crippen LogP) is 2.95. The molecule has 0 saturated heterocycles. The molecule has 0 radical (unpaired) electrons. The summed E-state index contributed by atoms with van der Waals surface area (Å²) in [6.45, 7) is 1.10. The van der Waals surface area contributed by atoms with Crippen molar-refractivity contribution in [2.75, 3.05) is 13.6 Å². The summed E-state index contributed by atoms with van der Waals surface area (Å²) in [6.07, 6.45) is 7.86. The molecule has 84 valence electrons. The van der Waals surface area contributed by atoms with Crippen molar-refractivity contribution < 1.29 is 0 Å². The minimum Gasteiger partial charge on any atom is -0.320 e. The average molecular weight is 224 g/mol. The zero-order valence-electron chi connectivity index (χ0n) is 9.46. The Bertz CT molecular complexity index is 290. The molecule has 1 N–H and O–H groups in total. The van der Waals surface area contributed by atoms with Crippen LogP contribution in [0.25, 0.3) is 0 Å². The van der Waals surface area contributed by atoms with Gasteiger partial charge in [0.1, 0.15) is 0 Å². The molecule has 1 aromatic heterocycles. The zero-order chi connectivity index (χ0) is 10.5. The van der Waals surface area contributed by atoms with E-state index in [1.165, 1.54) is 42.8 Å². The van der Waals surface area contributed by atoms with E-state index < -0.39 is 0 Å².